The SMILES string of the molecule is Cc1ccc(Oc2ccccc2Br)cc1Cl. The van der Waals surface area contributed by atoms with Gasteiger partial charge in [0.25, 0.3) is 0 Å². The van der Waals surface area contributed by atoms with Gasteiger partial charge in [0.2, 0.25) is 0 Å². The summed E-state index contributed by atoms with van der Waals surface area (Å²) in [6.45, 7) is 1.96. The second kappa shape index (κ2) is 4.89. The molecule has 0 atom stereocenters. The first-order chi connectivity index (χ1) is 7.66. The molecule has 2 aromatic rings. The Hall–Kier alpha value is -0.990. The van der Waals surface area contributed by atoms with Crippen molar-refractivity contribution in [2.45, 2.75) is 6.92 Å². The van der Waals surface area contributed by atoms with E-state index in [0.717, 1.165) is 21.5 Å². The van der Waals surface area contributed by atoms with Crippen LogP contribution in [0.15, 0.2) is 46.9 Å². The highest BCUT2D eigenvalue weighted by Gasteiger charge is 2.03. The Morgan fingerprint density at radius 1 is 1.12 bits per heavy atom. The lowest BCUT2D eigenvalue weighted by Crippen LogP contribution is -1.86. The summed E-state index contributed by atoms with van der Waals surface area (Å²) in [5, 5.41) is 0.713. The van der Waals surface area contributed by atoms with E-state index in [9.17, 15) is 0 Å². The van der Waals surface area contributed by atoms with Crippen LogP contribution in [0, 0.1) is 6.92 Å². The lowest BCUT2D eigenvalue weighted by molar-refractivity contribution is 0.479. The average molecular weight is 298 g/mol. The maximum atomic E-state index is 6.03. The lowest BCUT2D eigenvalue weighted by Gasteiger charge is -2.08. The summed E-state index contributed by atoms with van der Waals surface area (Å²) in [7, 11) is 0. The summed E-state index contributed by atoms with van der Waals surface area (Å²) in [5.41, 5.74) is 1.04. The Kier molecular flexibility index (Phi) is 3.52. The molecule has 1 nitrogen and oxygen atoms in total. The van der Waals surface area contributed by atoms with Gasteiger partial charge in [-0.2, -0.15) is 0 Å². The molecule has 0 N–H and O–H groups in total. The lowest BCUT2D eigenvalue weighted by atomic mass is 10.2. The van der Waals surface area contributed by atoms with Crippen LogP contribution in [0.4, 0.5) is 0 Å². The molecule has 0 saturated heterocycles. The van der Waals surface area contributed by atoms with Crippen molar-refractivity contribution in [3.8, 4) is 11.5 Å². The van der Waals surface area contributed by atoms with Crippen molar-refractivity contribution in [3.63, 3.8) is 0 Å². The van der Waals surface area contributed by atoms with Crippen molar-refractivity contribution < 1.29 is 4.74 Å². The maximum absolute atomic E-state index is 6.03. The summed E-state index contributed by atoms with van der Waals surface area (Å²) in [4.78, 5) is 0. The smallest absolute Gasteiger partial charge is 0.141 e. The molecule has 0 aromatic heterocycles. The molecular weight excluding hydrogens is 287 g/mol. The topological polar surface area (TPSA) is 9.23 Å². The van der Waals surface area contributed by atoms with Gasteiger partial charge in [-0.25, -0.2) is 0 Å². The number of ether oxygens (including phenoxy) is 1. The van der Waals surface area contributed by atoms with Gasteiger partial charge in [-0.3, -0.25) is 0 Å². The molecule has 0 saturated carbocycles. The van der Waals surface area contributed by atoms with Crippen LogP contribution in [0.25, 0.3) is 0 Å². The molecule has 0 unspecified atom stereocenters. The number of hydrogen-bond donors (Lipinski definition) is 0. The highest BCUT2D eigenvalue weighted by atomic mass is 79.9. The number of benzene rings is 2. The molecule has 82 valence electrons. The zero-order valence-corrected chi connectivity index (χ0v) is 11.0. The van der Waals surface area contributed by atoms with Gasteiger partial charge in [0.05, 0.1) is 4.47 Å². The number of hydrogen-bond acceptors (Lipinski definition) is 1. The summed E-state index contributed by atoms with van der Waals surface area (Å²) in [5.74, 6) is 1.52. The number of halogens is 2. The minimum Gasteiger partial charge on any atom is -0.456 e. The molecule has 0 aliphatic heterocycles. The van der Waals surface area contributed by atoms with Crippen molar-refractivity contribution in [1.29, 1.82) is 0 Å². The second-order valence-corrected chi connectivity index (χ2v) is 4.71. The van der Waals surface area contributed by atoms with E-state index in [2.05, 4.69) is 15.9 Å². The number of rotatable bonds is 2. The first-order valence-corrected chi connectivity index (χ1v) is 6.02. The molecule has 2 rings (SSSR count). The van der Waals surface area contributed by atoms with Crippen LogP contribution >= 0.6 is 27.5 Å². The molecule has 0 aliphatic rings. The second-order valence-electron chi connectivity index (χ2n) is 3.44. The number of para-hydroxylation sites is 1. The molecule has 16 heavy (non-hydrogen) atoms. The Balaban J connectivity index is 2.28. The molecular formula is C13H10BrClO. The van der Waals surface area contributed by atoms with E-state index >= 15 is 0 Å². The van der Waals surface area contributed by atoms with Crippen LogP contribution < -0.4 is 4.74 Å². The summed E-state index contributed by atoms with van der Waals surface area (Å²) in [6.07, 6.45) is 0. The van der Waals surface area contributed by atoms with Crippen molar-refractivity contribution in [2.75, 3.05) is 0 Å². The fraction of sp³-hybridized carbons (Fsp3) is 0.0769. The molecule has 0 bridgehead atoms. The monoisotopic (exact) mass is 296 g/mol. The molecule has 0 aliphatic carbocycles. The van der Waals surface area contributed by atoms with Gasteiger partial charge in [0.15, 0.2) is 0 Å². The Morgan fingerprint density at radius 3 is 2.56 bits per heavy atom. The highest BCUT2D eigenvalue weighted by Crippen LogP contribution is 2.31. The third-order valence-electron chi connectivity index (χ3n) is 2.21. The molecule has 0 fully saturated rings. The first-order valence-electron chi connectivity index (χ1n) is 4.85. The zero-order valence-electron chi connectivity index (χ0n) is 8.71. The summed E-state index contributed by atoms with van der Waals surface area (Å²) < 4.78 is 6.64. The van der Waals surface area contributed by atoms with Gasteiger partial charge in [-0.05, 0) is 52.7 Å². The maximum Gasteiger partial charge on any atom is 0.141 e. The van der Waals surface area contributed by atoms with E-state index < -0.39 is 0 Å². The largest absolute Gasteiger partial charge is 0.456 e. The van der Waals surface area contributed by atoms with E-state index in [0.29, 0.717) is 5.02 Å². The van der Waals surface area contributed by atoms with Gasteiger partial charge in [-0.15, -0.1) is 0 Å². The first kappa shape index (κ1) is 11.5. The van der Waals surface area contributed by atoms with Gasteiger partial charge in [-0.1, -0.05) is 29.8 Å². The van der Waals surface area contributed by atoms with Crippen LogP contribution in [0.2, 0.25) is 5.02 Å². The van der Waals surface area contributed by atoms with Crippen LogP contribution in [-0.2, 0) is 0 Å². The predicted molar refractivity (Wildman–Crippen MR) is 70.4 cm³/mol. The molecule has 0 radical (unpaired) electrons. The van der Waals surface area contributed by atoms with E-state index in [1.54, 1.807) is 0 Å². The molecule has 0 heterocycles. The fourth-order valence-corrected chi connectivity index (χ4v) is 1.83. The molecule has 2 aromatic carbocycles. The van der Waals surface area contributed by atoms with Crippen LogP contribution in [-0.4, -0.2) is 0 Å². The van der Waals surface area contributed by atoms with Crippen LogP contribution in [0.5, 0.6) is 11.5 Å². The highest BCUT2D eigenvalue weighted by molar-refractivity contribution is 9.10. The summed E-state index contributed by atoms with van der Waals surface area (Å²) in [6, 6.07) is 13.4. The van der Waals surface area contributed by atoms with Crippen molar-refractivity contribution in [2.24, 2.45) is 0 Å². The Morgan fingerprint density at radius 2 is 1.88 bits per heavy atom. The minimum atomic E-state index is 0.713. The normalized spacial score (nSPS) is 10.2. The Labute approximate surface area is 108 Å². The molecule has 0 amide bonds. The molecule has 3 heteroatoms. The van der Waals surface area contributed by atoms with Crippen LogP contribution in [0.3, 0.4) is 0 Å². The number of aryl methyl sites for hydroxylation is 1. The van der Waals surface area contributed by atoms with E-state index in [1.165, 1.54) is 0 Å². The van der Waals surface area contributed by atoms with Crippen molar-refractivity contribution >= 4 is 27.5 Å². The minimum absolute atomic E-state index is 0.713. The van der Waals surface area contributed by atoms with Gasteiger partial charge in [0, 0.05) is 5.02 Å². The zero-order chi connectivity index (χ0) is 11.5. The van der Waals surface area contributed by atoms with Crippen LogP contribution in [0.1, 0.15) is 5.56 Å². The van der Waals surface area contributed by atoms with E-state index in [1.807, 2.05) is 49.4 Å². The van der Waals surface area contributed by atoms with Gasteiger partial charge >= 0.3 is 0 Å². The third kappa shape index (κ3) is 2.57. The predicted octanol–water partition coefficient (Wildman–Crippen LogP) is 5.20. The molecule has 0 spiro atoms. The Bertz CT molecular complexity index is 511. The summed E-state index contributed by atoms with van der Waals surface area (Å²) >= 11 is 9.46. The quantitative estimate of drug-likeness (QED) is 0.740. The van der Waals surface area contributed by atoms with Crippen molar-refractivity contribution in [1.82, 2.24) is 0 Å². The third-order valence-corrected chi connectivity index (χ3v) is 3.27. The van der Waals surface area contributed by atoms with Crippen molar-refractivity contribution in [3.05, 3.63) is 57.5 Å². The fourth-order valence-electron chi connectivity index (χ4n) is 1.29. The van der Waals surface area contributed by atoms with E-state index in [4.69, 9.17) is 16.3 Å². The van der Waals surface area contributed by atoms with Gasteiger partial charge < -0.3 is 4.74 Å². The average Bonchev–Trinajstić information content (AvgIpc) is 2.27. The standard InChI is InChI=1S/C13H10BrClO/c1-9-6-7-10(8-12(9)15)16-13-5-3-2-4-11(13)14/h2-8H,1H3. The van der Waals surface area contributed by atoms with E-state index in [-0.39, 0.29) is 0 Å². The van der Waals surface area contributed by atoms with Gasteiger partial charge in [0.1, 0.15) is 11.5 Å².